The summed E-state index contributed by atoms with van der Waals surface area (Å²) in [6.45, 7) is 2.17. The molecule has 1 fully saturated rings. The molecule has 2 unspecified atom stereocenters. The summed E-state index contributed by atoms with van der Waals surface area (Å²) in [7, 11) is 0. The smallest absolute Gasteiger partial charge is 0.220 e. The molecule has 0 spiro atoms. The van der Waals surface area contributed by atoms with E-state index in [1.54, 1.807) is 0 Å². The van der Waals surface area contributed by atoms with E-state index in [0.717, 1.165) is 38.5 Å². The summed E-state index contributed by atoms with van der Waals surface area (Å²) in [5.74, 6) is 0.113. The number of nitrogens with one attached hydrogen (secondary N) is 1. The normalized spacial score (nSPS) is 25.4. The van der Waals surface area contributed by atoms with Gasteiger partial charge in [-0.05, 0) is 19.3 Å². The molecule has 0 radical (unpaired) electrons. The monoisotopic (exact) mass is 227 g/mol. The second kappa shape index (κ2) is 7.66. The molecule has 1 aliphatic rings. The Labute approximate surface area is 98.6 Å². The third-order valence-corrected chi connectivity index (χ3v) is 3.33. The number of hydrogen-bond donors (Lipinski definition) is 2. The molecule has 16 heavy (non-hydrogen) atoms. The zero-order valence-corrected chi connectivity index (χ0v) is 10.4. The summed E-state index contributed by atoms with van der Waals surface area (Å²) >= 11 is 0. The topological polar surface area (TPSA) is 49.3 Å². The Morgan fingerprint density at radius 1 is 1.25 bits per heavy atom. The zero-order chi connectivity index (χ0) is 11.8. The molecule has 2 atom stereocenters. The van der Waals surface area contributed by atoms with Crippen LogP contribution >= 0.6 is 0 Å². The van der Waals surface area contributed by atoms with Crippen molar-refractivity contribution in [2.75, 3.05) is 0 Å². The second-order valence-electron chi connectivity index (χ2n) is 4.84. The van der Waals surface area contributed by atoms with E-state index < -0.39 is 0 Å². The van der Waals surface area contributed by atoms with Crippen molar-refractivity contribution in [3.05, 3.63) is 0 Å². The highest BCUT2D eigenvalue weighted by Crippen LogP contribution is 2.18. The predicted octanol–water partition coefficient (Wildman–Crippen LogP) is 2.38. The van der Waals surface area contributed by atoms with Crippen LogP contribution in [0.15, 0.2) is 0 Å². The van der Waals surface area contributed by atoms with E-state index >= 15 is 0 Å². The molecule has 0 aromatic heterocycles. The van der Waals surface area contributed by atoms with Gasteiger partial charge in [0.25, 0.3) is 0 Å². The Morgan fingerprint density at radius 3 is 2.69 bits per heavy atom. The van der Waals surface area contributed by atoms with Crippen molar-refractivity contribution in [1.29, 1.82) is 0 Å². The minimum Gasteiger partial charge on any atom is -0.391 e. The molecule has 1 amide bonds. The average molecular weight is 227 g/mol. The van der Waals surface area contributed by atoms with E-state index in [4.69, 9.17) is 0 Å². The molecule has 0 heterocycles. The van der Waals surface area contributed by atoms with E-state index in [1.807, 2.05) is 0 Å². The number of aliphatic hydroxyl groups is 1. The fraction of sp³-hybridized carbons (Fsp3) is 0.923. The van der Waals surface area contributed by atoms with Crippen molar-refractivity contribution < 1.29 is 9.90 Å². The first kappa shape index (κ1) is 13.5. The molecule has 0 aliphatic heterocycles. The van der Waals surface area contributed by atoms with Gasteiger partial charge in [0.1, 0.15) is 0 Å². The maximum atomic E-state index is 11.6. The molecule has 1 aliphatic carbocycles. The van der Waals surface area contributed by atoms with Gasteiger partial charge in [0, 0.05) is 6.42 Å². The quantitative estimate of drug-likeness (QED) is 0.684. The molecule has 1 rings (SSSR count). The lowest BCUT2D eigenvalue weighted by Gasteiger charge is -2.28. The highest BCUT2D eigenvalue weighted by atomic mass is 16.3. The SMILES string of the molecule is CCCCCCC(=O)NC1CCCCC1O. The highest BCUT2D eigenvalue weighted by Gasteiger charge is 2.23. The Morgan fingerprint density at radius 2 is 2.00 bits per heavy atom. The van der Waals surface area contributed by atoms with Crippen LogP contribution < -0.4 is 5.32 Å². The van der Waals surface area contributed by atoms with Crippen molar-refractivity contribution in [2.24, 2.45) is 0 Å². The van der Waals surface area contributed by atoms with Gasteiger partial charge < -0.3 is 10.4 Å². The molecule has 2 N–H and O–H groups in total. The van der Waals surface area contributed by atoms with E-state index in [2.05, 4.69) is 12.2 Å². The first-order chi connectivity index (χ1) is 7.74. The molecule has 0 saturated heterocycles. The van der Waals surface area contributed by atoms with E-state index in [9.17, 15) is 9.90 Å². The van der Waals surface area contributed by atoms with Crippen LogP contribution in [-0.4, -0.2) is 23.2 Å². The van der Waals surface area contributed by atoms with Crippen molar-refractivity contribution in [1.82, 2.24) is 5.32 Å². The van der Waals surface area contributed by atoms with E-state index in [1.165, 1.54) is 12.8 Å². The van der Waals surface area contributed by atoms with Gasteiger partial charge in [-0.25, -0.2) is 0 Å². The van der Waals surface area contributed by atoms with E-state index in [-0.39, 0.29) is 18.1 Å². The maximum Gasteiger partial charge on any atom is 0.220 e. The number of carbonyl (C=O) groups is 1. The molecule has 3 nitrogen and oxygen atoms in total. The first-order valence-electron chi connectivity index (χ1n) is 6.71. The van der Waals surface area contributed by atoms with Gasteiger partial charge in [-0.3, -0.25) is 4.79 Å². The molecule has 3 heteroatoms. The van der Waals surface area contributed by atoms with Gasteiger partial charge in [-0.1, -0.05) is 39.0 Å². The van der Waals surface area contributed by atoms with Gasteiger partial charge in [-0.15, -0.1) is 0 Å². The van der Waals surface area contributed by atoms with Crippen molar-refractivity contribution in [2.45, 2.75) is 76.9 Å². The summed E-state index contributed by atoms with van der Waals surface area (Å²) in [5.41, 5.74) is 0. The predicted molar refractivity (Wildman–Crippen MR) is 65.2 cm³/mol. The summed E-state index contributed by atoms with van der Waals surface area (Å²) in [6, 6.07) is 0.00688. The van der Waals surface area contributed by atoms with Gasteiger partial charge >= 0.3 is 0 Å². The van der Waals surface area contributed by atoms with Crippen LogP contribution in [0.25, 0.3) is 0 Å². The van der Waals surface area contributed by atoms with Crippen LogP contribution in [0, 0.1) is 0 Å². The van der Waals surface area contributed by atoms with Gasteiger partial charge in [0.05, 0.1) is 12.1 Å². The lowest BCUT2D eigenvalue weighted by molar-refractivity contribution is -0.123. The molecular weight excluding hydrogens is 202 g/mol. The Hall–Kier alpha value is -0.570. The molecule has 1 saturated carbocycles. The van der Waals surface area contributed by atoms with Crippen LogP contribution in [-0.2, 0) is 4.79 Å². The van der Waals surface area contributed by atoms with E-state index in [0.29, 0.717) is 6.42 Å². The third-order valence-electron chi connectivity index (χ3n) is 3.33. The van der Waals surface area contributed by atoms with Crippen LogP contribution in [0.4, 0.5) is 0 Å². The largest absolute Gasteiger partial charge is 0.391 e. The lowest BCUT2D eigenvalue weighted by atomic mass is 9.92. The number of amides is 1. The fourth-order valence-electron chi connectivity index (χ4n) is 2.27. The van der Waals surface area contributed by atoms with Gasteiger partial charge in [-0.2, -0.15) is 0 Å². The molecule has 0 bridgehead atoms. The summed E-state index contributed by atoms with van der Waals surface area (Å²) in [4.78, 5) is 11.6. The van der Waals surface area contributed by atoms with Crippen LogP contribution in [0.3, 0.4) is 0 Å². The standard InChI is InChI=1S/C13H25NO2/c1-2-3-4-5-10-13(16)14-11-8-6-7-9-12(11)15/h11-12,15H,2-10H2,1H3,(H,14,16). The van der Waals surface area contributed by atoms with Gasteiger partial charge in [0.2, 0.25) is 5.91 Å². The Balaban J connectivity index is 2.12. The van der Waals surface area contributed by atoms with Crippen LogP contribution in [0.2, 0.25) is 0 Å². The van der Waals surface area contributed by atoms with Crippen LogP contribution in [0.1, 0.15) is 64.7 Å². The number of rotatable bonds is 6. The van der Waals surface area contributed by atoms with Crippen LogP contribution in [0.5, 0.6) is 0 Å². The van der Waals surface area contributed by atoms with Crippen molar-refractivity contribution >= 4 is 5.91 Å². The third kappa shape index (κ3) is 4.97. The number of unbranched alkanes of at least 4 members (excludes halogenated alkanes) is 3. The summed E-state index contributed by atoms with van der Waals surface area (Å²) in [6.07, 6.45) is 8.78. The Kier molecular flexibility index (Phi) is 6.46. The average Bonchev–Trinajstić information content (AvgIpc) is 2.28. The first-order valence-corrected chi connectivity index (χ1v) is 6.71. The molecular formula is C13H25NO2. The molecule has 0 aromatic carbocycles. The summed E-state index contributed by atoms with van der Waals surface area (Å²) in [5, 5.41) is 12.7. The lowest BCUT2D eigenvalue weighted by Crippen LogP contribution is -2.44. The maximum absolute atomic E-state index is 11.6. The minimum atomic E-state index is -0.326. The van der Waals surface area contributed by atoms with Crippen molar-refractivity contribution in [3.8, 4) is 0 Å². The second-order valence-corrected chi connectivity index (χ2v) is 4.84. The molecule has 94 valence electrons. The summed E-state index contributed by atoms with van der Waals surface area (Å²) < 4.78 is 0. The zero-order valence-electron chi connectivity index (χ0n) is 10.4. The fourth-order valence-corrected chi connectivity index (χ4v) is 2.27. The number of carbonyl (C=O) groups excluding carboxylic acids is 1. The minimum absolute atomic E-state index is 0.00688. The number of hydrogen-bond acceptors (Lipinski definition) is 2. The highest BCUT2D eigenvalue weighted by molar-refractivity contribution is 5.76. The van der Waals surface area contributed by atoms with Gasteiger partial charge in [0.15, 0.2) is 0 Å². The molecule has 0 aromatic rings. The van der Waals surface area contributed by atoms with Crippen molar-refractivity contribution in [3.63, 3.8) is 0 Å². The Bertz CT molecular complexity index is 206. The number of aliphatic hydroxyl groups excluding tert-OH is 1.